The number of nitrogens with zero attached hydrogens (tertiary/aromatic N) is 4. The van der Waals surface area contributed by atoms with Crippen LogP contribution in [0.1, 0.15) is 171 Å². The Kier molecular flexibility index (Phi) is 35.0. The van der Waals surface area contributed by atoms with E-state index in [2.05, 4.69) is 31.9 Å². The van der Waals surface area contributed by atoms with Crippen LogP contribution in [0.25, 0.3) is 0 Å². The van der Waals surface area contributed by atoms with Gasteiger partial charge in [-0.05, 0) is 124 Å². The molecule has 2 saturated heterocycles. The van der Waals surface area contributed by atoms with Crippen LogP contribution in [0.2, 0.25) is 0 Å². The third-order valence-corrected chi connectivity index (χ3v) is 22.0. The molecule has 1 aromatic rings. The number of carbonyl (C=O) groups is 13. The highest BCUT2D eigenvalue weighted by Crippen LogP contribution is 2.52. The smallest absolute Gasteiger partial charge is 0.429 e. The molecule has 1 saturated carbocycles. The number of nitrogens with two attached hydrogens (primary N) is 2. The van der Waals surface area contributed by atoms with Crippen LogP contribution in [0.3, 0.4) is 0 Å². The van der Waals surface area contributed by atoms with E-state index in [-0.39, 0.29) is 143 Å². The van der Waals surface area contributed by atoms with Gasteiger partial charge in [0, 0.05) is 77.9 Å². The van der Waals surface area contributed by atoms with Crippen molar-refractivity contribution >= 4 is 94.5 Å². The Bertz CT molecular complexity index is 3300. The molecule has 4 aliphatic rings. The Hall–Kier alpha value is -8.03. The highest BCUT2D eigenvalue weighted by Gasteiger charge is 2.49. The Morgan fingerprint density at radius 2 is 1.43 bits per heavy atom. The first-order valence-electron chi connectivity index (χ1n) is 37.1. The quantitative estimate of drug-likeness (QED) is 0.0220. The van der Waals surface area contributed by atoms with Crippen LogP contribution >= 0.6 is 11.8 Å². The summed E-state index contributed by atoms with van der Waals surface area (Å²) < 4.78 is 37.5. The molecule has 0 aromatic heterocycles. The van der Waals surface area contributed by atoms with Gasteiger partial charge in [-0.3, -0.25) is 62.5 Å². The van der Waals surface area contributed by atoms with Gasteiger partial charge in [-0.15, -0.1) is 11.8 Å². The summed E-state index contributed by atoms with van der Waals surface area (Å²) in [6.45, 7) is 17.8. The maximum absolute atomic E-state index is 15.1. The molecule has 13 atom stereocenters. The van der Waals surface area contributed by atoms with Gasteiger partial charge in [0.25, 0.3) is 0 Å². The first kappa shape index (κ1) is 88.6. The minimum absolute atomic E-state index is 0.0341. The van der Waals surface area contributed by atoms with Crippen molar-refractivity contribution in [1.29, 1.82) is 0 Å². The summed E-state index contributed by atoms with van der Waals surface area (Å²) in [4.78, 5) is 181. The van der Waals surface area contributed by atoms with Gasteiger partial charge >= 0.3 is 12.2 Å². The molecule has 0 radical (unpaired) electrons. The number of hydrogen-bond donors (Lipinski definition) is 8. The summed E-state index contributed by atoms with van der Waals surface area (Å²) in [5.74, 6) is -6.57. The van der Waals surface area contributed by atoms with Gasteiger partial charge in [0.05, 0.1) is 60.5 Å². The Morgan fingerprint density at radius 3 is 2.00 bits per heavy atom. The van der Waals surface area contributed by atoms with Crippen LogP contribution in [0.5, 0.6) is 0 Å². The molecule has 106 heavy (non-hydrogen) atoms. The van der Waals surface area contributed by atoms with Crippen molar-refractivity contribution in [3.05, 3.63) is 53.4 Å². The second kappa shape index (κ2) is 41.9. The minimum Gasteiger partial charge on any atom is -0.429 e. The number of halogens is 1. The van der Waals surface area contributed by atoms with Crippen molar-refractivity contribution in [3.63, 3.8) is 0 Å². The molecule has 31 heteroatoms. The van der Waals surface area contributed by atoms with Crippen molar-refractivity contribution in [2.75, 3.05) is 66.1 Å². The molecule has 3 fully saturated rings. The van der Waals surface area contributed by atoms with E-state index in [1.165, 1.54) is 54.9 Å². The summed E-state index contributed by atoms with van der Waals surface area (Å²) in [6, 6.07) is -0.828. The number of rotatable bonds is 44. The molecule has 2 heterocycles. The van der Waals surface area contributed by atoms with Crippen molar-refractivity contribution < 1.29 is 85.7 Å². The Balaban J connectivity index is 1.24. The number of likely N-dealkylation sites (N-methyl/N-ethyl adjacent to an activating group) is 2. The summed E-state index contributed by atoms with van der Waals surface area (Å²) in [5.41, 5.74) is 11.6. The van der Waals surface area contributed by atoms with Gasteiger partial charge in [-0.25, -0.2) is 14.0 Å². The number of benzene rings is 1. The van der Waals surface area contributed by atoms with E-state index in [9.17, 15) is 61.9 Å². The lowest BCUT2D eigenvalue weighted by atomic mass is 9.89. The topological polar surface area (TPSA) is 396 Å². The van der Waals surface area contributed by atoms with Gasteiger partial charge in [0.15, 0.2) is 5.78 Å². The number of likely N-dealkylation sites (tertiary alicyclic amines) is 2. The fraction of sp³-hybridized carbons (Fsp3) is 0.693. The Labute approximate surface area is 627 Å². The SMILES string of the molecule is CC[C@H](C)[C@@H]([C@@H](CC(=O)N1C[C@@H](OC(=O)OCc2ccc(NC(=O)[C@H](CCCNC(N)=O)NC(=O)[C@@H](NC(=O)CCCCCN3C(=O)CC(SCC4(CC(N)=O)CC4)C3=O)C(C)C)cc2)C[C@H]1[C@H](OC)[C@@H](C)C(=O)N[C@@H](C)C(=O)C1=CC=C(F)CC1)OC)N(C)C(=O)[C@@H](NC(=O)[C@H](C(C)C)N(C)C)C(C)C. The molecule has 0 bridgehead atoms. The lowest BCUT2D eigenvalue weighted by Crippen LogP contribution is -2.59. The number of allylic oxidation sites excluding steroid dienone is 3. The van der Waals surface area contributed by atoms with E-state index in [1.54, 1.807) is 76.0 Å². The van der Waals surface area contributed by atoms with Gasteiger partial charge in [0.2, 0.25) is 59.1 Å². The molecule has 1 unspecified atom stereocenters. The first-order valence-corrected chi connectivity index (χ1v) is 38.1. The second-order valence-corrected chi connectivity index (χ2v) is 31.2. The zero-order chi connectivity index (χ0) is 79.0. The highest BCUT2D eigenvalue weighted by atomic mass is 32.2. The lowest BCUT2D eigenvalue weighted by Gasteiger charge is -2.41. The van der Waals surface area contributed by atoms with Crippen LogP contribution in [-0.2, 0) is 78.3 Å². The number of thioether (sulfide) groups is 1. The maximum atomic E-state index is 15.1. The fourth-order valence-electron chi connectivity index (χ4n) is 14.0. The minimum atomic E-state index is -1.16. The van der Waals surface area contributed by atoms with Crippen LogP contribution in [0.4, 0.5) is 19.7 Å². The molecule has 10 N–H and O–H groups in total. The molecule has 592 valence electrons. The van der Waals surface area contributed by atoms with Crippen molar-refractivity contribution in [1.82, 2.24) is 46.2 Å². The predicted octanol–water partition coefficient (Wildman–Crippen LogP) is 5.70. The maximum Gasteiger partial charge on any atom is 0.508 e. The number of urea groups is 1. The average molecular weight is 1510 g/mol. The third kappa shape index (κ3) is 26.1. The highest BCUT2D eigenvalue weighted by molar-refractivity contribution is 8.00. The van der Waals surface area contributed by atoms with Crippen molar-refractivity contribution in [2.45, 2.75) is 238 Å². The van der Waals surface area contributed by atoms with Crippen LogP contribution in [0.15, 0.2) is 47.8 Å². The van der Waals surface area contributed by atoms with E-state index in [0.29, 0.717) is 48.3 Å². The number of ketones is 1. The Morgan fingerprint density at radius 1 is 0.764 bits per heavy atom. The van der Waals surface area contributed by atoms with E-state index >= 15 is 4.79 Å². The number of hydrogen-bond acceptors (Lipinski definition) is 19. The largest absolute Gasteiger partial charge is 0.508 e. The average Bonchev–Trinajstić information content (AvgIpc) is 1.61. The number of methoxy groups -OCH3 is 2. The number of nitrogens with one attached hydrogen (secondary N) is 6. The molecule has 0 spiro atoms. The monoisotopic (exact) mass is 1510 g/mol. The number of anilines is 1. The zero-order valence-electron chi connectivity index (χ0n) is 64.5. The zero-order valence-corrected chi connectivity index (χ0v) is 65.3. The molecule has 2 aliphatic heterocycles. The number of imide groups is 1. The van der Waals surface area contributed by atoms with E-state index in [1.807, 2.05) is 41.5 Å². The molecule has 2 aliphatic carbocycles. The fourth-order valence-corrected chi connectivity index (χ4v) is 15.5. The normalized spacial score (nSPS) is 19.8. The molecule has 5 rings (SSSR count). The van der Waals surface area contributed by atoms with Gasteiger partial charge in [-0.1, -0.05) is 93.4 Å². The number of carbonyl (C=O) groups excluding carboxylic acids is 13. The van der Waals surface area contributed by atoms with Crippen LogP contribution in [0, 0.1) is 35.0 Å². The first-order chi connectivity index (χ1) is 50.0. The summed E-state index contributed by atoms with van der Waals surface area (Å²) in [7, 11) is 8.04. The van der Waals surface area contributed by atoms with Crippen molar-refractivity contribution in [2.24, 2.45) is 46.5 Å². The van der Waals surface area contributed by atoms with Gasteiger partial charge in [0.1, 0.15) is 36.7 Å². The number of unbranched alkanes of at least 4 members (excludes halogenated alkanes) is 2. The van der Waals surface area contributed by atoms with Gasteiger partial charge < -0.3 is 72.1 Å². The summed E-state index contributed by atoms with van der Waals surface area (Å²) >= 11 is 1.40. The van der Waals surface area contributed by atoms with E-state index in [4.69, 9.17) is 30.4 Å². The third-order valence-electron chi connectivity index (χ3n) is 20.4. The standard InChI is InChI=1S/C75H117FN12O17S/c1-16-45(8)64(86(13)72(99)62(43(4)5)84-70(97)63(44(6)7)85(11)12)55(102-14)36-59(91)88-39-52(35-54(88)66(103-15)46(9)67(94)80-47(10)65(93)49-25-27-50(76)28-26-49)105-74(101)104-40-48-23-29-51(30-24-48)81-68(95)53(21-20-33-79-73(78)100)82-69(96)61(42(2)3)83-58(90)22-18-17-19-34-87-60(92)37-56(71(87)98)106-41-75(31-32-75)38-57(77)89/h23-25,27,29-30,42-47,52-56,61-64,66H,16-22,26,28,31-41H2,1-15H3,(H2,77,89)(H,80,94)(H,81,95)(H,82,96)(H,83,90)(H,84,97)(H3,78,79,100)/t45-,46+,47-,52-,53-,54-,55+,56?,61-,62-,63-,64-,66+/m0/s1. The number of amides is 12. The second-order valence-electron chi connectivity index (χ2n) is 30.0. The van der Waals surface area contributed by atoms with Crippen molar-refractivity contribution in [3.8, 4) is 0 Å². The number of ether oxygens (including phenoxy) is 4. The van der Waals surface area contributed by atoms with E-state index < -0.39 is 125 Å². The van der Waals surface area contributed by atoms with Gasteiger partial charge in [-0.2, -0.15) is 0 Å². The predicted molar refractivity (Wildman–Crippen MR) is 397 cm³/mol. The molecule has 12 amide bonds. The van der Waals surface area contributed by atoms with Crippen LogP contribution in [-0.4, -0.2) is 223 Å². The van der Waals surface area contributed by atoms with E-state index in [0.717, 1.165) is 12.8 Å². The molecular formula is C75H117FN12O17S. The number of primary amides is 2. The lowest BCUT2D eigenvalue weighted by molar-refractivity contribution is -0.148. The molecule has 29 nitrogen and oxygen atoms in total. The number of Topliss-reactive ketones (excluding diaryl/α,β-unsaturated/α-hetero) is 1. The summed E-state index contributed by atoms with van der Waals surface area (Å²) in [5, 5.41) is 16.0. The molecular weight excluding hydrogens is 1390 g/mol. The van der Waals surface area contributed by atoms with Crippen LogP contribution < -0.4 is 43.4 Å². The molecule has 1 aromatic carbocycles. The summed E-state index contributed by atoms with van der Waals surface area (Å²) in [6.07, 6.45) is 2.76.